The number of nitrogens with two attached hydrogens (primary N) is 1. The minimum Gasteiger partial charge on any atom is -0.496 e. The average molecular weight is 276 g/mol. The lowest BCUT2D eigenvalue weighted by Gasteiger charge is -2.51. The number of likely N-dealkylation sites (tertiary alicyclic amines) is 1. The number of nitrogens with zero attached hydrogens (tertiary/aromatic N) is 1. The van der Waals surface area contributed by atoms with Gasteiger partial charge in [0.1, 0.15) is 5.75 Å². The predicted octanol–water partition coefficient (Wildman–Crippen LogP) is 3.68. The fourth-order valence-electron chi connectivity index (χ4n) is 3.68. The van der Waals surface area contributed by atoms with Gasteiger partial charge in [-0.3, -0.25) is 4.90 Å². The van der Waals surface area contributed by atoms with Gasteiger partial charge in [-0.15, -0.1) is 0 Å². The standard InChI is InChI=1S/C17H28N2O/c1-4-8-17(9-5-2)12-19(13-17)11-14-10-15(18)6-7-16(14)20-3/h6-7,10H,4-5,8-9,11-13,18H2,1-3H3. The Bertz CT molecular complexity index is 431. The highest BCUT2D eigenvalue weighted by atomic mass is 16.5. The van der Waals surface area contributed by atoms with Crippen molar-refractivity contribution >= 4 is 5.69 Å². The minimum absolute atomic E-state index is 0.567. The zero-order chi connectivity index (χ0) is 14.6. The number of methoxy groups -OCH3 is 1. The molecule has 0 bridgehead atoms. The second-order valence-corrected chi connectivity index (χ2v) is 6.22. The molecule has 1 aliphatic rings. The molecule has 1 fully saturated rings. The molecular formula is C17H28N2O. The summed E-state index contributed by atoms with van der Waals surface area (Å²) in [7, 11) is 1.73. The summed E-state index contributed by atoms with van der Waals surface area (Å²) in [6.45, 7) is 7.96. The lowest BCUT2D eigenvalue weighted by molar-refractivity contribution is -0.0206. The summed E-state index contributed by atoms with van der Waals surface area (Å²) in [6.07, 6.45) is 5.28. The van der Waals surface area contributed by atoms with Crippen molar-refractivity contribution < 1.29 is 4.74 Å². The van der Waals surface area contributed by atoms with Crippen molar-refractivity contribution in [2.75, 3.05) is 25.9 Å². The summed E-state index contributed by atoms with van der Waals surface area (Å²) in [6, 6.07) is 5.91. The lowest BCUT2D eigenvalue weighted by Crippen LogP contribution is -2.55. The van der Waals surface area contributed by atoms with Gasteiger partial charge >= 0.3 is 0 Å². The highest BCUT2D eigenvalue weighted by Crippen LogP contribution is 2.40. The Morgan fingerprint density at radius 1 is 1.20 bits per heavy atom. The Hall–Kier alpha value is -1.22. The van der Waals surface area contributed by atoms with Crippen LogP contribution < -0.4 is 10.5 Å². The van der Waals surface area contributed by atoms with Crippen molar-refractivity contribution in [2.45, 2.75) is 46.1 Å². The first-order valence-corrected chi connectivity index (χ1v) is 7.77. The van der Waals surface area contributed by atoms with Crippen LogP contribution in [0.5, 0.6) is 5.75 Å². The number of hydrogen-bond acceptors (Lipinski definition) is 3. The molecule has 0 saturated carbocycles. The molecule has 0 aromatic heterocycles. The highest BCUT2D eigenvalue weighted by molar-refractivity contribution is 5.47. The van der Waals surface area contributed by atoms with E-state index in [9.17, 15) is 0 Å². The van der Waals surface area contributed by atoms with Gasteiger partial charge in [0.2, 0.25) is 0 Å². The van der Waals surface area contributed by atoms with E-state index in [1.807, 2.05) is 18.2 Å². The summed E-state index contributed by atoms with van der Waals surface area (Å²) in [4.78, 5) is 2.52. The van der Waals surface area contributed by atoms with Gasteiger partial charge in [0.05, 0.1) is 7.11 Å². The van der Waals surface area contributed by atoms with Crippen molar-refractivity contribution in [3.05, 3.63) is 23.8 Å². The molecule has 0 aliphatic carbocycles. The normalized spacial score (nSPS) is 17.8. The number of hydrogen-bond donors (Lipinski definition) is 1. The van der Waals surface area contributed by atoms with Crippen molar-refractivity contribution in [2.24, 2.45) is 5.41 Å². The number of benzene rings is 1. The topological polar surface area (TPSA) is 38.5 Å². The SMILES string of the molecule is CCCC1(CCC)CN(Cc2cc(N)ccc2OC)C1. The van der Waals surface area contributed by atoms with E-state index in [0.717, 1.165) is 18.0 Å². The van der Waals surface area contributed by atoms with Crippen LogP contribution in [0.3, 0.4) is 0 Å². The maximum absolute atomic E-state index is 5.89. The van der Waals surface area contributed by atoms with Crippen molar-refractivity contribution in [3.63, 3.8) is 0 Å². The van der Waals surface area contributed by atoms with Gasteiger partial charge in [-0.05, 0) is 36.5 Å². The molecule has 0 unspecified atom stereocenters. The molecule has 2 N–H and O–H groups in total. The van der Waals surface area contributed by atoms with Gasteiger partial charge < -0.3 is 10.5 Å². The smallest absolute Gasteiger partial charge is 0.123 e. The summed E-state index contributed by atoms with van der Waals surface area (Å²) in [5, 5.41) is 0. The van der Waals surface area contributed by atoms with E-state index >= 15 is 0 Å². The molecule has 2 rings (SSSR count). The Balaban J connectivity index is 1.98. The Kier molecular flexibility index (Phi) is 4.92. The fraction of sp³-hybridized carbons (Fsp3) is 0.647. The van der Waals surface area contributed by atoms with Gasteiger partial charge in [-0.25, -0.2) is 0 Å². The first kappa shape index (κ1) is 15.2. The molecule has 1 saturated heterocycles. The van der Waals surface area contributed by atoms with E-state index in [1.165, 1.54) is 44.3 Å². The first-order chi connectivity index (χ1) is 9.62. The van der Waals surface area contributed by atoms with Crippen LogP contribution in [-0.2, 0) is 6.54 Å². The van der Waals surface area contributed by atoms with E-state index in [-0.39, 0.29) is 0 Å². The minimum atomic E-state index is 0.567. The van der Waals surface area contributed by atoms with Crippen molar-refractivity contribution in [1.29, 1.82) is 0 Å². The molecule has 1 aromatic carbocycles. The van der Waals surface area contributed by atoms with E-state index in [1.54, 1.807) is 7.11 Å². The molecule has 3 nitrogen and oxygen atoms in total. The monoisotopic (exact) mass is 276 g/mol. The van der Waals surface area contributed by atoms with E-state index in [4.69, 9.17) is 10.5 Å². The molecule has 1 aromatic rings. The zero-order valence-corrected chi connectivity index (χ0v) is 13.1. The Morgan fingerprint density at radius 2 is 1.85 bits per heavy atom. The molecule has 112 valence electrons. The van der Waals surface area contributed by atoms with Gasteiger partial charge in [0.15, 0.2) is 0 Å². The third-order valence-corrected chi connectivity index (χ3v) is 4.38. The average Bonchev–Trinajstić information content (AvgIpc) is 2.37. The van der Waals surface area contributed by atoms with Crippen molar-refractivity contribution in [1.82, 2.24) is 4.90 Å². The van der Waals surface area contributed by atoms with Crippen LogP contribution in [0.2, 0.25) is 0 Å². The van der Waals surface area contributed by atoms with E-state index in [0.29, 0.717) is 5.41 Å². The predicted molar refractivity (Wildman–Crippen MR) is 84.9 cm³/mol. The summed E-state index contributed by atoms with van der Waals surface area (Å²) >= 11 is 0. The Labute approximate surface area is 123 Å². The molecular weight excluding hydrogens is 248 g/mol. The molecule has 0 spiro atoms. The summed E-state index contributed by atoms with van der Waals surface area (Å²) in [5.74, 6) is 0.947. The Morgan fingerprint density at radius 3 is 2.40 bits per heavy atom. The fourth-order valence-corrected chi connectivity index (χ4v) is 3.68. The highest BCUT2D eigenvalue weighted by Gasteiger charge is 2.40. The van der Waals surface area contributed by atoms with Gasteiger partial charge in [-0.1, -0.05) is 26.7 Å². The van der Waals surface area contributed by atoms with Gasteiger partial charge in [-0.2, -0.15) is 0 Å². The maximum atomic E-state index is 5.89. The number of rotatable bonds is 7. The summed E-state index contributed by atoms with van der Waals surface area (Å²) in [5.41, 5.74) is 8.48. The molecule has 1 heterocycles. The molecule has 0 amide bonds. The quantitative estimate of drug-likeness (QED) is 0.772. The van der Waals surface area contributed by atoms with Crippen LogP contribution in [0.15, 0.2) is 18.2 Å². The van der Waals surface area contributed by atoms with Crippen LogP contribution >= 0.6 is 0 Å². The third kappa shape index (κ3) is 3.26. The van der Waals surface area contributed by atoms with Crippen LogP contribution in [0.1, 0.15) is 45.1 Å². The second-order valence-electron chi connectivity index (χ2n) is 6.22. The third-order valence-electron chi connectivity index (χ3n) is 4.38. The van der Waals surface area contributed by atoms with E-state index in [2.05, 4.69) is 18.7 Å². The van der Waals surface area contributed by atoms with Crippen LogP contribution in [-0.4, -0.2) is 25.1 Å². The van der Waals surface area contributed by atoms with Gasteiger partial charge in [0, 0.05) is 30.9 Å². The molecule has 0 atom stereocenters. The molecule has 1 aliphatic heterocycles. The second kappa shape index (κ2) is 6.49. The van der Waals surface area contributed by atoms with Crippen LogP contribution in [0.25, 0.3) is 0 Å². The largest absolute Gasteiger partial charge is 0.496 e. The first-order valence-electron chi connectivity index (χ1n) is 7.77. The number of anilines is 1. The van der Waals surface area contributed by atoms with Crippen LogP contribution in [0.4, 0.5) is 5.69 Å². The lowest BCUT2D eigenvalue weighted by atomic mass is 9.72. The van der Waals surface area contributed by atoms with Crippen LogP contribution in [0, 0.1) is 5.41 Å². The zero-order valence-electron chi connectivity index (χ0n) is 13.1. The molecule has 3 heteroatoms. The van der Waals surface area contributed by atoms with Gasteiger partial charge in [0.25, 0.3) is 0 Å². The maximum Gasteiger partial charge on any atom is 0.123 e. The summed E-state index contributed by atoms with van der Waals surface area (Å²) < 4.78 is 5.43. The van der Waals surface area contributed by atoms with E-state index < -0.39 is 0 Å². The van der Waals surface area contributed by atoms with Crippen molar-refractivity contribution in [3.8, 4) is 5.75 Å². The molecule has 0 radical (unpaired) electrons. The number of ether oxygens (including phenoxy) is 1. The number of nitrogen functional groups attached to an aromatic ring is 1. The molecule has 20 heavy (non-hydrogen) atoms.